The topological polar surface area (TPSA) is 111 Å². The van der Waals surface area contributed by atoms with Crippen molar-refractivity contribution in [1.82, 2.24) is 14.2 Å². The van der Waals surface area contributed by atoms with Gasteiger partial charge in [-0.2, -0.15) is 4.31 Å². The summed E-state index contributed by atoms with van der Waals surface area (Å²) in [6, 6.07) is 11.1. The highest BCUT2D eigenvalue weighted by atomic mass is 32.2. The lowest BCUT2D eigenvalue weighted by molar-refractivity contribution is -0.127. The average Bonchev–Trinajstić information content (AvgIpc) is 2.79. The molecule has 0 unspecified atom stereocenters. The minimum absolute atomic E-state index is 0.198. The second-order valence-corrected chi connectivity index (χ2v) is 9.07. The van der Waals surface area contributed by atoms with Crippen LogP contribution in [0.25, 0.3) is 16.8 Å². The molecule has 160 valence electrons. The van der Waals surface area contributed by atoms with E-state index < -0.39 is 10.0 Å². The molecule has 9 heteroatoms. The van der Waals surface area contributed by atoms with E-state index in [-0.39, 0.29) is 48.5 Å². The number of pyridine rings is 1. The minimum Gasteiger partial charge on any atom is -0.504 e. The number of phenols is 2. The van der Waals surface area contributed by atoms with Gasteiger partial charge in [0.05, 0.1) is 4.90 Å². The molecule has 0 spiro atoms. The number of fused-ring (bicyclic) bond motifs is 1. The molecule has 31 heavy (non-hydrogen) atoms. The Morgan fingerprint density at radius 3 is 2.52 bits per heavy atom. The highest BCUT2D eigenvalue weighted by Crippen LogP contribution is 2.27. The van der Waals surface area contributed by atoms with E-state index in [1.165, 1.54) is 28.6 Å². The Labute approximate surface area is 179 Å². The Balaban J connectivity index is 1.44. The zero-order valence-electron chi connectivity index (χ0n) is 16.5. The first kappa shape index (κ1) is 20.8. The number of sulfonamides is 1. The van der Waals surface area contributed by atoms with Gasteiger partial charge in [0, 0.05) is 55.4 Å². The van der Waals surface area contributed by atoms with E-state index >= 15 is 0 Å². The van der Waals surface area contributed by atoms with Crippen LogP contribution in [0.4, 0.5) is 0 Å². The van der Waals surface area contributed by atoms with Gasteiger partial charge in [-0.05, 0) is 35.9 Å². The number of carbonyl (C=O) groups is 1. The number of hydrogen-bond acceptors (Lipinski definition) is 6. The lowest BCUT2D eigenvalue weighted by Crippen LogP contribution is -2.50. The van der Waals surface area contributed by atoms with E-state index in [0.717, 1.165) is 5.39 Å². The number of rotatable bonds is 4. The summed E-state index contributed by atoms with van der Waals surface area (Å²) in [7, 11) is -3.70. The Kier molecular flexibility index (Phi) is 5.62. The maximum absolute atomic E-state index is 13.2. The van der Waals surface area contributed by atoms with Crippen molar-refractivity contribution in [3.63, 3.8) is 0 Å². The minimum atomic E-state index is -3.70. The SMILES string of the molecule is O=C(/C=C/c1ccc(O)c(O)c1)N1CCN(S(=O)(=O)c2cccc3cnccc23)CC1. The summed E-state index contributed by atoms with van der Waals surface area (Å²) in [5.74, 6) is -0.748. The van der Waals surface area contributed by atoms with Crippen LogP contribution in [0.1, 0.15) is 5.56 Å². The number of piperazine rings is 1. The molecule has 1 aliphatic heterocycles. The van der Waals surface area contributed by atoms with E-state index in [0.29, 0.717) is 10.9 Å². The Bertz CT molecular complexity index is 1260. The third-order valence-electron chi connectivity index (χ3n) is 5.23. The summed E-state index contributed by atoms with van der Waals surface area (Å²) in [5, 5.41) is 20.3. The van der Waals surface area contributed by atoms with Crippen molar-refractivity contribution in [2.24, 2.45) is 0 Å². The van der Waals surface area contributed by atoms with E-state index in [4.69, 9.17) is 0 Å². The van der Waals surface area contributed by atoms with E-state index in [1.807, 2.05) is 6.07 Å². The zero-order valence-corrected chi connectivity index (χ0v) is 17.4. The summed E-state index contributed by atoms with van der Waals surface area (Å²) in [4.78, 5) is 18.3. The number of amides is 1. The molecule has 2 aromatic carbocycles. The van der Waals surface area contributed by atoms with Crippen molar-refractivity contribution in [1.29, 1.82) is 0 Å². The molecular weight excluding hydrogens is 418 g/mol. The summed E-state index contributed by atoms with van der Waals surface area (Å²) in [6.07, 6.45) is 6.10. The number of phenolic OH excluding ortho intramolecular Hbond substituents is 2. The van der Waals surface area contributed by atoms with Gasteiger partial charge in [0.15, 0.2) is 11.5 Å². The van der Waals surface area contributed by atoms with Gasteiger partial charge in [0.2, 0.25) is 15.9 Å². The number of hydrogen-bond donors (Lipinski definition) is 2. The number of benzene rings is 2. The fourth-order valence-corrected chi connectivity index (χ4v) is 5.16. The van der Waals surface area contributed by atoms with Gasteiger partial charge in [-0.15, -0.1) is 0 Å². The Hall–Kier alpha value is -3.43. The quantitative estimate of drug-likeness (QED) is 0.476. The van der Waals surface area contributed by atoms with Crippen molar-refractivity contribution < 1.29 is 23.4 Å². The molecule has 4 rings (SSSR count). The monoisotopic (exact) mass is 439 g/mol. The van der Waals surface area contributed by atoms with Gasteiger partial charge in [-0.1, -0.05) is 18.2 Å². The Morgan fingerprint density at radius 2 is 1.77 bits per heavy atom. The van der Waals surface area contributed by atoms with Gasteiger partial charge in [0.25, 0.3) is 0 Å². The first-order valence-electron chi connectivity index (χ1n) is 9.68. The van der Waals surface area contributed by atoms with E-state index in [9.17, 15) is 23.4 Å². The first-order valence-corrected chi connectivity index (χ1v) is 11.1. The van der Waals surface area contributed by atoms with Crippen LogP contribution in [0.2, 0.25) is 0 Å². The molecule has 8 nitrogen and oxygen atoms in total. The molecule has 1 aromatic heterocycles. The van der Waals surface area contributed by atoms with Gasteiger partial charge < -0.3 is 15.1 Å². The molecule has 0 radical (unpaired) electrons. The molecule has 2 heterocycles. The first-order chi connectivity index (χ1) is 14.9. The molecule has 0 saturated carbocycles. The van der Waals surface area contributed by atoms with Gasteiger partial charge in [0.1, 0.15) is 0 Å². The fourth-order valence-electron chi connectivity index (χ4n) is 3.52. The molecule has 2 N–H and O–H groups in total. The van der Waals surface area contributed by atoms with Crippen molar-refractivity contribution in [2.75, 3.05) is 26.2 Å². The van der Waals surface area contributed by atoms with Crippen LogP contribution in [0.3, 0.4) is 0 Å². The molecule has 3 aromatic rings. The second kappa shape index (κ2) is 8.37. The van der Waals surface area contributed by atoms with Gasteiger partial charge in [-0.25, -0.2) is 8.42 Å². The zero-order chi connectivity index (χ0) is 22.0. The highest BCUT2D eigenvalue weighted by Gasteiger charge is 2.30. The highest BCUT2D eigenvalue weighted by molar-refractivity contribution is 7.89. The smallest absolute Gasteiger partial charge is 0.246 e. The van der Waals surface area contributed by atoms with E-state index in [2.05, 4.69) is 4.98 Å². The van der Waals surface area contributed by atoms with Crippen LogP contribution in [-0.4, -0.2) is 64.9 Å². The van der Waals surface area contributed by atoms with Crippen LogP contribution < -0.4 is 0 Å². The average molecular weight is 439 g/mol. The van der Waals surface area contributed by atoms with E-state index in [1.54, 1.807) is 41.6 Å². The number of aromatic hydroxyl groups is 2. The van der Waals surface area contributed by atoms with Gasteiger partial charge in [-0.3, -0.25) is 9.78 Å². The normalized spacial score (nSPS) is 15.5. The van der Waals surface area contributed by atoms with Crippen molar-refractivity contribution in [2.45, 2.75) is 4.90 Å². The molecule has 1 saturated heterocycles. The lowest BCUT2D eigenvalue weighted by atomic mass is 10.2. The summed E-state index contributed by atoms with van der Waals surface area (Å²) < 4.78 is 27.8. The lowest BCUT2D eigenvalue weighted by Gasteiger charge is -2.33. The third-order valence-corrected chi connectivity index (χ3v) is 7.18. The summed E-state index contributed by atoms with van der Waals surface area (Å²) in [5.41, 5.74) is 0.565. The van der Waals surface area contributed by atoms with Crippen LogP contribution in [0, 0.1) is 0 Å². The molecule has 1 fully saturated rings. The standard InChI is InChI=1S/C22H21N3O5S/c26-19-6-4-16(14-20(19)27)5-7-22(28)24-10-12-25(13-11-24)31(29,30)21-3-1-2-17-15-23-9-8-18(17)21/h1-9,14-15,26-27H,10-13H2/b7-5+. The third kappa shape index (κ3) is 4.23. The van der Waals surface area contributed by atoms with Gasteiger partial charge >= 0.3 is 0 Å². The number of aromatic nitrogens is 1. The predicted octanol–water partition coefficient (Wildman–Crippen LogP) is 2.19. The molecule has 0 bridgehead atoms. The van der Waals surface area contributed by atoms with Crippen LogP contribution >= 0.6 is 0 Å². The predicted molar refractivity (Wildman–Crippen MR) is 116 cm³/mol. The fraction of sp³-hybridized carbons (Fsp3) is 0.182. The molecular formula is C22H21N3O5S. The molecule has 1 aliphatic rings. The second-order valence-electron chi connectivity index (χ2n) is 7.16. The van der Waals surface area contributed by atoms with Crippen molar-refractivity contribution in [3.05, 3.63) is 66.5 Å². The number of nitrogens with zero attached hydrogens (tertiary/aromatic N) is 3. The van der Waals surface area contributed by atoms with Crippen LogP contribution in [-0.2, 0) is 14.8 Å². The maximum Gasteiger partial charge on any atom is 0.246 e. The van der Waals surface area contributed by atoms with Crippen LogP contribution in [0.15, 0.2) is 65.8 Å². The summed E-state index contributed by atoms with van der Waals surface area (Å²) in [6.45, 7) is 0.942. The van der Waals surface area contributed by atoms with Crippen molar-refractivity contribution >= 4 is 32.8 Å². The van der Waals surface area contributed by atoms with Crippen LogP contribution in [0.5, 0.6) is 11.5 Å². The van der Waals surface area contributed by atoms with Crippen molar-refractivity contribution in [3.8, 4) is 11.5 Å². The largest absolute Gasteiger partial charge is 0.504 e. The number of carbonyl (C=O) groups excluding carboxylic acids is 1. The maximum atomic E-state index is 13.2. The summed E-state index contributed by atoms with van der Waals surface area (Å²) >= 11 is 0. The molecule has 1 amide bonds. The Morgan fingerprint density at radius 1 is 1.00 bits per heavy atom. The molecule has 0 atom stereocenters. The molecule has 0 aliphatic carbocycles.